The average molecular weight is 261 g/mol. The quantitative estimate of drug-likeness (QED) is 0.916. The molecule has 0 saturated heterocycles. The van der Waals surface area contributed by atoms with E-state index >= 15 is 0 Å². The largest absolute Gasteiger partial charge is 0.377 e. The van der Waals surface area contributed by atoms with Crippen molar-refractivity contribution < 1.29 is 4.39 Å². The van der Waals surface area contributed by atoms with Crippen LogP contribution in [0.4, 0.5) is 10.1 Å². The van der Waals surface area contributed by atoms with E-state index in [1.54, 1.807) is 12.1 Å². The summed E-state index contributed by atoms with van der Waals surface area (Å²) < 4.78 is 13.5. The van der Waals surface area contributed by atoms with Gasteiger partial charge in [-0.05, 0) is 50.7 Å². The topological polar surface area (TPSA) is 28.2 Å². The molecule has 19 heavy (non-hydrogen) atoms. The second-order valence-corrected chi connectivity index (χ2v) is 4.93. The van der Waals surface area contributed by atoms with Crippen LogP contribution in [0.25, 0.3) is 10.9 Å². The van der Waals surface area contributed by atoms with Crippen molar-refractivity contribution in [2.75, 3.05) is 32.6 Å². The molecule has 1 aromatic heterocycles. The van der Waals surface area contributed by atoms with Gasteiger partial charge in [-0.2, -0.15) is 0 Å². The number of rotatable bonds is 4. The van der Waals surface area contributed by atoms with Gasteiger partial charge in [-0.15, -0.1) is 0 Å². The van der Waals surface area contributed by atoms with Gasteiger partial charge in [0.15, 0.2) is 0 Å². The Bertz CT molecular complexity index is 593. The van der Waals surface area contributed by atoms with Gasteiger partial charge in [0.2, 0.25) is 0 Å². The molecule has 2 aromatic rings. The normalized spacial score (nSPS) is 11.0. The summed E-state index contributed by atoms with van der Waals surface area (Å²) in [5, 5.41) is 4.03. The van der Waals surface area contributed by atoms with Crippen LogP contribution in [-0.4, -0.2) is 32.7 Å². The molecule has 1 heterocycles. The fourth-order valence-corrected chi connectivity index (χ4v) is 2.44. The van der Waals surface area contributed by atoms with E-state index in [0.717, 1.165) is 35.2 Å². The van der Waals surface area contributed by atoms with Crippen LogP contribution in [-0.2, 0) is 6.42 Å². The monoisotopic (exact) mass is 261 g/mol. The van der Waals surface area contributed by atoms with Crippen LogP contribution >= 0.6 is 0 Å². The number of nitrogens with zero attached hydrogens (tertiary/aromatic N) is 2. The van der Waals surface area contributed by atoms with Crippen molar-refractivity contribution in [1.82, 2.24) is 10.3 Å². The Labute approximate surface area is 113 Å². The first-order valence-electron chi connectivity index (χ1n) is 6.45. The summed E-state index contributed by atoms with van der Waals surface area (Å²) in [5.74, 6) is -0.221. The van der Waals surface area contributed by atoms with Crippen molar-refractivity contribution >= 4 is 16.6 Å². The number of aryl methyl sites for hydroxylation is 1. The van der Waals surface area contributed by atoms with Gasteiger partial charge in [-0.1, -0.05) is 0 Å². The van der Waals surface area contributed by atoms with Gasteiger partial charge >= 0.3 is 0 Å². The Hall–Kier alpha value is -1.68. The molecule has 1 N–H and O–H groups in total. The molecule has 0 radical (unpaired) electrons. The Morgan fingerprint density at radius 2 is 2.05 bits per heavy atom. The van der Waals surface area contributed by atoms with E-state index in [1.165, 1.54) is 11.6 Å². The molecule has 0 fully saturated rings. The number of likely N-dealkylation sites (N-methyl/N-ethyl adjacent to an activating group) is 1. The van der Waals surface area contributed by atoms with Gasteiger partial charge in [0, 0.05) is 25.2 Å². The van der Waals surface area contributed by atoms with Crippen molar-refractivity contribution in [3.8, 4) is 0 Å². The minimum absolute atomic E-state index is 0.221. The van der Waals surface area contributed by atoms with Gasteiger partial charge in [-0.25, -0.2) is 4.39 Å². The molecular formula is C15H20FN3. The summed E-state index contributed by atoms with van der Waals surface area (Å²) >= 11 is 0. The molecule has 4 heteroatoms. The molecule has 0 saturated carbocycles. The van der Waals surface area contributed by atoms with Gasteiger partial charge in [0.1, 0.15) is 5.82 Å². The molecular weight excluding hydrogens is 241 g/mol. The van der Waals surface area contributed by atoms with Crippen LogP contribution in [0.2, 0.25) is 0 Å². The molecule has 0 unspecified atom stereocenters. The van der Waals surface area contributed by atoms with Gasteiger partial charge < -0.3 is 10.2 Å². The van der Waals surface area contributed by atoms with Crippen LogP contribution < -0.4 is 10.2 Å². The van der Waals surface area contributed by atoms with Crippen molar-refractivity contribution in [3.63, 3.8) is 0 Å². The van der Waals surface area contributed by atoms with E-state index in [9.17, 15) is 4.39 Å². The zero-order valence-corrected chi connectivity index (χ0v) is 11.9. The summed E-state index contributed by atoms with van der Waals surface area (Å²) in [6.45, 7) is 2.89. The number of benzene rings is 1. The van der Waals surface area contributed by atoms with Crippen LogP contribution in [0.1, 0.15) is 11.3 Å². The molecule has 0 aliphatic heterocycles. The predicted molar refractivity (Wildman–Crippen MR) is 78.4 cm³/mol. The fraction of sp³-hybridized carbons (Fsp3) is 0.400. The zero-order valence-electron chi connectivity index (χ0n) is 11.9. The smallest absolute Gasteiger partial charge is 0.124 e. The van der Waals surface area contributed by atoms with E-state index in [2.05, 4.69) is 10.3 Å². The summed E-state index contributed by atoms with van der Waals surface area (Å²) in [6.07, 6.45) is 0.884. The highest BCUT2D eigenvalue weighted by atomic mass is 19.1. The van der Waals surface area contributed by atoms with Crippen molar-refractivity contribution in [2.24, 2.45) is 0 Å². The third kappa shape index (κ3) is 2.68. The lowest BCUT2D eigenvalue weighted by molar-refractivity contribution is 0.629. The Morgan fingerprint density at radius 1 is 1.32 bits per heavy atom. The minimum Gasteiger partial charge on any atom is -0.377 e. The van der Waals surface area contributed by atoms with E-state index < -0.39 is 0 Å². The van der Waals surface area contributed by atoms with E-state index in [1.807, 2.05) is 33.0 Å². The summed E-state index contributed by atoms with van der Waals surface area (Å²) in [4.78, 5) is 6.63. The van der Waals surface area contributed by atoms with Crippen LogP contribution in [0.3, 0.4) is 0 Å². The number of hydrogen-bond donors (Lipinski definition) is 1. The maximum atomic E-state index is 13.5. The lowest BCUT2D eigenvalue weighted by atomic mass is 10.0. The van der Waals surface area contributed by atoms with Gasteiger partial charge in [-0.3, -0.25) is 4.98 Å². The Balaban J connectivity index is 2.71. The number of fused-ring (bicyclic) bond motifs is 1. The lowest BCUT2D eigenvalue weighted by Gasteiger charge is -2.21. The number of hydrogen-bond acceptors (Lipinski definition) is 3. The van der Waals surface area contributed by atoms with Crippen LogP contribution in [0.15, 0.2) is 18.2 Å². The third-order valence-electron chi connectivity index (χ3n) is 3.30. The minimum atomic E-state index is -0.221. The fourth-order valence-electron chi connectivity index (χ4n) is 2.44. The Morgan fingerprint density at radius 3 is 2.68 bits per heavy atom. The molecule has 2 rings (SSSR count). The summed E-state index contributed by atoms with van der Waals surface area (Å²) in [5.41, 5.74) is 4.10. The highest BCUT2D eigenvalue weighted by Crippen LogP contribution is 2.31. The second kappa shape index (κ2) is 5.53. The second-order valence-electron chi connectivity index (χ2n) is 4.93. The molecule has 0 aliphatic rings. The molecule has 0 atom stereocenters. The summed E-state index contributed by atoms with van der Waals surface area (Å²) in [6, 6.07) is 4.77. The maximum absolute atomic E-state index is 13.5. The zero-order chi connectivity index (χ0) is 14.0. The first kappa shape index (κ1) is 13.7. The highest BCUT2D eigenvalue weighted by Gasteiger charge is 2.14. The number of pyridine rings is 1. The number of nitrogens with one attached hydrogen (secondary N) is 1. The SMILES string of the molecule is CNCCc1c(C)nc2ccc(F)cc2c1N(C)C. The molecule has 0 aliphatic carbocycles. The first-order valence-corrected chi connectivity index (χ1v) is 6.45. The van der Waals surface area contributed by atoms with Crippen molar-refractivity contribution in [1.29, 1.82) is 0 Å². The number of halogens is 1. The first-order chi connectivity index (χ1) is 9.04. The highest BCUT2D eigenvalue weighted by molar-refractivity contribution is 5.93. The van der Waals surface area contributed by atoms with E-state index in [4.69, 9.17) is 0 Å². The van der Waals surface area contributed by atoms with Crippen molar-refractivity contribution in [2.45, 2.75) is 13.3 Å². The summed E-state index contributed by atoms with van der Waals surface area (Å²) in [7, 11) is 5.91. The Kier molecular flexibility index (Phi) is 4.00. The maximum Gasteiger partial charge on any atom is 0.124 e. The van der Waals surface area contributed by atoms with E-state index in [0.29, 0.717) is 0 Å². The van der Waals surface area contributed by atoms with Crippen LogP contribution in [0, 0.1) is 12.7 Å². The molecule has 102 valence electrons. The van der Waals surface area contributed by atoms with Crippen LogP contribution in [0.5, 0.6) is 0 Å². The van der Waals surface area contributed by atoms with Gasteiger partial charge in [0.05, 0.1) is 11.2 Å². The standard InChI is InChI=1S/C15H20FN3/c1-10-12(7-8-17-2)15(19(3)4)13-9-11(16)5-6-14(13)18-10/h5-6,9,17H,7-8H2,1-4H3. The van der Waals surface area contributed by atoms with E-state index in [-0.39, 0.29) is 5.82 Å². The molecule has 0 spiro atoms. The molecule has 1 aromatic carbocycles. The average Bonchev–Trinajstić information content (AvgIpc) is 2.36. The number of aromatic nitrogens is 1. The molecule has 3 nitrogen and oxygen atoms in total. The van der Waals surface area contributed by atoms with Crippen molar-refractivity contribution in [3.05, 3.63) is 35.3 Å². The third-order valence-corrected chi connectivity index (χ3v) is 3.30. The number of anilines is 1. The lowest BCUT2D eigenvalue weighted by Crippen LogP contribution is -2.17. The molecule has 0 bridgehead atoms. The van der Waals surface area contributed by atoms with Gasteiger partial charge in [0.25, 0.3) is 0 Å². The molecule has 0 amide bonds. The predicted octanol–water partition coefficient (Wildman–Crippen LogP) is 2.51.